The Balaban J connectivity index is 2.10. The predicted molar refractivity (Wildman–Crippen MR) is 69.2 cm³/mol. The van der Waals surface area contributed by atoms with Gasteiger partial charge in [-0.25, -0.2) is 0 Å². The zero-order valence-corrected chi connectivity index (χ0v) is 10.8. The number of fused-ring (bicyclic) bond motifs is 1. The number of ether oxygens (including phenoxy) is 1. The lowest BCUT2D eigenvalue weighted by Gasteiger charge is -2.12. The van der Waals surface area contributed by atoms with E-state index in [1.54, 1.807) is 18.2 Å². The van der Waals surface area contributed by atoms with Gasteiger partial charge in [-0.2, -0.15) is 0 Å². The van der Waals surface area contributed by atoms with Crippen LogP contribution in [0, 0.1) is 0 Å². The molecule has 6 heteroatoms. The summed E-state index contributed by atoms with van der Waals surface area (Å²) in [6.07, 6.45) is -0.627. The fourth-order valence-electron chi connectivity index (χ4n) is 1.96. The Labute approximate surface area is 111 Å². The summed E-state index contributed by atoms with van der Waals surface area (Å²) >= 11 is 0. The predicted octanol–water partition coefficient (Wildman–Crippen LogP) is 0.332. The van der Waals surface area contributed by atoms with E-state index in [1.165, 1.54) is 14.2 Å². The third-order valence-electron chi connectivity index (χ3n) is 2.99. The topological polar surface area (TPSA) is 78.9 Å². The van der Waals surface area contributed by atoms with Crippen LogP contribution in [-0.2, 0) is 4.74 Å². The number of anilines is 1. The molecule has 2 amide bonds. The number of amides is 2. The molecule has 2 rings (SSSR count). The number of carbonyl (C=O) groups is 2. The second-order valence-electron chi connectivity index (χ2n) is 4.42. The molecule has 0 bridgehead atoms. The molecule has 1 aliphatic rings. The van der Waals surface area contributed by atoms with E-state index in [0.29, 0.717) is 23.4 Å². The average Bonchev–Trinajstić information content (AvgIpc) is 2.62. The minimum absolute atomic E-state index is 0.234. The second kappa shape index (κ2) is 5.38. The first-order chi connectivity index (χ1) is 9.04. The molecular weight excluding hydrogens is 248 g/mol. The lowest BCUT2D eigenvalue weighted by molar-refractivity contribution is 0.0693. The Morgan fingerprint density at radius 3 is 2.68 bits per heavy atom. The Morgan fingerprint density at radius 1 is 1.32 bits per heavy atom. The first-order valence-electron chi connectivity index (χ1n) is 5.92. The number of rotatable bonds is 5. The number of imide groups is 1. The molecule has 19 heavy (non-hydrogen) atoms. The summed E-state index contributed by atoms with van der Waals surface area (Å²) in [6.45, 7) is 0.544. The van der Waals surface area contributed by atoms with Crippen molar-refractivity contribution in [3.8, 4) is 0 Å². The van der Waals surface area contributed by atoms with E-state index in [0.717, 1.165) is 4.90 Å². The Hall–Kier alpha value is -1.92. The molecule has 0 saturated heterocycles. The molecular formula is C13H16N2O4. The van der Waals surface area contributed by atoms with Crippen LogP contribution in [0.1, 0.15) is 20.7 Å². The van der Waals surface area contributed by atoms with Gasteiger partial charge < -0.3 is 15.2 Å². The zero-order valence-electron chi connectivity index (χ0n) is 10.8. The quantitative estimate of drug-likeness (QED) is 0.749. The molecule has 1 aliphatic heterocycles. The number of benzene rings is 1. The number of nitrogens with zero attached hydrogens (tertiary/aromatic N) is 1. The molecule has 1 atom stereocenters. The van der Waals surface area contributed by atoms with Crippen molar-refractivity contribution >= 4 is 17.5 Å². The van der Waals surface area contributed by atoms with Crippen LogP contribution in [0.5, 0.6) is 0 Å². The maximum atomic E-state index is 11.8. The standard InChI is InChI=1S/C13H16N2O4/c1-15-12(17)10-4-3-8(5-11(10)13(15)18)14-6-9(16)7-19-2/h3-5,9,14,16H,6-7H2,1-2H3. The third-order valence-corrected chi connectivity index (χ3v) is 2.99. The van der Waals surface area contributed by atoms with Crippen molar-refractivity contribution in [2.24, 2.45) is 0 Å². The van der Waals surface area contributed by atoms with Gasteiger partial charge in [-0.3, -0.25) is 14.5 Å². The Kier molecular flexibility index (Phi) is 3.82. The van der Waals surface area contributed by atoms with Gasteiger partial charge in [-0.05, 0) is 18.2 Å². The van der Waals surface area contributed by atoms with Crippen LogP contribution >= 0.6 is 0 Å². The number of carbonyl (C=O) groups excluding carboxylic acids is 2. The van der Waals surface area contributed by atoms with E-state index in [2.05, 4.69) is 5.32 Å². The van der Waals surface area contributed by atoms with E-state index >= 15 is 0 Å². The molecule has 102 valence electrons. The summed E-state index contributed by atoms with van der Waals surface area (Å²) in [7, 11) is 2.97. The number of aliphatic hydroxyl groups is 1. The summed E-state index contributed by atoms with van der Waals surface area (Å²) in [5, 5.41) is 12.5. The Bertz CT molecular complexity index is 515. The van der Waals surface area contributed by atoms with Crippen LogP contribution < -0.4 is 5.32 Å². The van der Waals surface area contributed by atoms with E-state index in [9.17, 15) is 14.7 Å². The molecule has 0 saturated carbocycles. The van der Waals surface area contributed by atoms with Crippen molar-refractivity contribution in [1.82, 2.24) is 4.90 Å². The fourth-order valence-corrected chi connectivity index (χ4v) is 1.96. The lowest BCUT2D eigenvalue weighted by Crippen LogP contribution is -2.24. The van der Waals surface area contributed by atoms with Gasteiger partial charge in [0, 0.05) is 26.4 Å². The van der Waals surface area contributed by atoms with Gasteiger partial charge in [-0.15, -0.1) is 0 Å². The van der Waals surface area contributed by atoms with Gasteiger partial charge in [0.15, 0.2) is 0 Å². The van der Waals surface area contributed by atoms with E-state index in [1.807, 2.05) is 0 Å². The van der Waals surface area contributed by atoms with Gasteiger partial charge in [0.1, 0.15) is 0 Å². The highest BCUT2D eigenvalue weighted by Crippen LogP contribution is 2.24. The molecule has 2 N–H and O–H groups in total. The number of hydrogen-bond donors (Lipinski definition) is 2. The SMILES string of the molecule is COCC(O)CNc1ccc2c(c1)C(=O)N(C)C2=O. The van der Waals surface area contributed by atoms with Crippen molar-refractivity contribution in [2.45, 2.75) is 6.10 Å². The molecule has 1 heterocycles. The van der Waals surface area contributed by atoms with E-state index in [4.69, 9.17) is 4.74 Å². The molecule has 0 spiro atoms. The normalized spacial score (nSPS) is 15.6. The highest BCUT2D eigenvalue weighted by molar-refractivity contribution is 6.21. The molecule has 0 radical (unpaired) electrons. The van der Waals surface area contributed by atoms with Crippen molar-refractivity contribution in [3.05, 3.63) is 29.3 Å². The monoisotopic (exact) mass is 264 g/mol. The minimum atomic E-state index is -0.627. The summed E-state index contributed by atoms with van der Waals surface area (Å²) in [4.78, 5) is 24.6. The van der Waals surface area contributed by atoms with Gasteiger partial charge in [0.2, 0.25) is 0 Å². The third kappa shape index (κ3) is 2.59. The number of methoxy groups -OCH3 is 1. The molecule has 0 fully saturated rings. The number of nitrogens with one attached hydrogen (secondary N) is 1. The smallest absolute Gasteiger partial charge is 0.261 e. The summed E-state index contributed by atoms with van der Waals surface area (Å²) in [5.74, 6) is -0.591. The highest BCUT2D eigenvalue weighted by Gasteiger charge is 2.32. The van der Waals surface area contributed by atoms with Crippen LogP contribution in [0.4, 0.5) is 5.69 Å². The Morgan fingerprint density at radius 2 is 2.00 bits per heavy atom. The lowest BCUT2D eigenvalue weighted by atomic mass is 10.1. The second-order valence-corrected chi connectivity index (χ2v) is 4.42. The van der Waals surface area contributed by atoms with Gasteiger partial charge in [0.25, 0.3) is 11.8 Å². The number of aliphatic hydroxyl groups excluding tert-OH is 1. The van der Waals surface area contributed by atoms with Crippen molar-refractivity contribution in [3.63, 3.8) is 0 Å². The summed E-state index contributed by atoms with van der Waals surface area (Å²) in [6, 6.07) is 4.95. The van der Waals surface area contributed by atoms with Gasteiger partial charge in [0.05, 0.1) is 23.8 Å². The molecule has 1 aromatic carbocycles. The largest absolute Gasteiger partial charge is 0.389 e. The maximum absolute atomic E-state index is 11.8. The molecule has 0 aliphatic carbocycles. The molecule has 1 aromatic rings. The van der Waals surface area contributed by atoms with Crippen LogP contribution in [0.2, 0.25) is 0 Å². The van der Waals surface area contributed by atoms with Gasteiger partial charge >= 0.3 is 0 Å². The van der Waals surface area contributed by atoms with Crippen LogP contribution in [0.15, 0.2) is 18.2 Å². The fraction of sp³-hybridized carbons (Fsp3) is 0.385. The van der Waals surface area contributed by atoms with Crippen LogP contribution in [-0.4, -0.2) is 55.2 Å². The van der Waals surface area contributed by atoms with E-state index < -0.39 is 6.10 Å². The first kappa shape index (κ1) is 13.5. The summed E-state index contributed by atoms with van der Waals surface area (Å²) in [5.41, 5.74) is 1.49. The molecule has 0 aromatic heterocycles. The minimum Gasteiger partial charge on any atom is -0.389 e. The average molecular weight is 264 g/mol. The van der Waals surface area contributed by atoms with Crippen molar-refractivity contribution in [1.29, 1.82) is 0 Å². The molecule has 6 nitrogen and oxygen atoms in total. The van der Waals surface area contributed by atoms with Crippen LogP contribution in [0.25, 0.3) is 0 Å². The zero-order chi connectivity index (χ0) is 14.0. The number of hydrogen-bond acceptors (Lipinski definition) is 5. The van der Waals surface area contributed by atoms with Crippen molar-refractivity contribution < 1.29 is 19.4 Å². The van der Waals surface area contributed by atoms with E-state index in [-0.39, 0.29) is 18.4 Å². The summed E-state index contributed by atoms with van der Waals surface area (Å²) < 4.78 is 4.82. The first-order valence-corrected chi connectivity index (χ1v) is 5.92. The van der Waals surface area contributed by atoms with Crippen LogP contribution in [0.3, 0.4) is 0 Å². The van der Waals surface area contributed by atoms with Crippen molar-refractivity contribution in [2.75, 3.05) is 32.6 Å². The van der Waals surface area contributed by atoms with Gasteiger partial charge in [-0.1, -0.05) is 0 Å². The maximum Gasteiger partial charge on any atom is 0.261 e. The highest BCUT2D eigenvalue weighted by atomic mass is 16.5. The molecule has 1 unspecified atom stereocenters.